The van der Waals surface area contributed by atoms with Crippen molar-refractivity contribution in [3.05, 3.63) is 23.8 Å². The van der Waals surface area contributed by atoms with E-state index in [0.29, 0.717) is 6.42 Å². The quantitative estimate of drug-likeness (QED) is 0.484. The number of rotatable bonds is 1. The standard InChI is InChI=1S/C10H13NO3/c11-7-4-6(10(7)14)5-1-2-8(12)9(13)3-5/h1-3,6-7,10,12-14H,4,11H2/t6-,7?,10?/m1/s1. The molecule has 1 aliphatic carbocycles. The summed E-state index contributed by atoms with van der Waals surface area (Å²) >= 11 is 0. The summed E-state index contributed by atoms with van der Waals surface area (Å²) in [5, 5.41) is 27.9. The molecular weight excluding hydrogens is 182 g/mol. The van der Waals surface area contributed by atoms with Crippen LogP contribution in [-0.4, -0.2) is 27.5 Å². The second kappa shape index (κ2) is 3.15. The summed E-state index contributed by atoms with van der Waals surface area (Å²) in [6.07, 6.45) is 0.171. The number of phenols is 2. The third kappa shape index (κ3) is 1.32. The Morgan fingerprint density at radius 1 is 1.21 bits per heavy atom. The lowest BCUT2D eigenvalue weighted by Crippen LogP contribution is -2.50. The summed E-state index contributed by atoms with van der Waals surface area (Å²) in [5.41, 5.74) is 6.37. The molecule has 4 heteroatoms. The molecule has 2 unspecified atom stereocenters. The van der Waals surface area contributed by atoms with Gasteiger partial charge >= 0.3 is 0 Å². The summed E-state index contributed by atoms with van der Waals surface area (Å²) in [6, 6.07) is 4.40. The van der Waals surface area contributed by atoms with E-state index in [0.717, 1.165) is 5.56 Å². The zero-order valence-electron chi connectivity index (χ0n) is 7.59. The van der Waals surface area contributed by atoms with Crippen LogP contribution in [0.4, 0.5) is 0 Å². The van der Waals surface area contributed by atoms with Gasteiger partial charge < -0.3 is 21.1 Å². The molecule has 0 spiro atoms. The lowest BCUT2D eigenvalue weighted by atomic mass is 9.73. The smallest absolute Gasteiger partial charge is 0.157 e. The molecule has 0 aliphatic heterocycles. The average molecular weight is 195 g/mol. The van der Waals surface area contributed by atoms with Crippen molar-refractivity contribution < 1.29 is 15.3 Å². The molecule has 14 heavy (non-hydrogen) atoms. The Kier molecular flexibility index (Phi) is 2.09. The summed E-state index contributed by atoms with van der Waals surface area (Å²) in [4.78, 5) is 0. The van der Waals surface area contributed by atoms with Crippen LogP contribution in [0.2, 0.25) is 0 Å². The molecule has 3 atom stereocenters. The largest absolute Gasteiger partial charge is 0.504 e. The predicted molar refractivity (Wildman–Crippen MR) is 51.1 cm³/mol. The van der Waals surface area contributed by atoms with Gasteiger partial charge in [0.2, 0.25) is 0 Å². The number of hydrogen-bond acceptors (Lipinski definition) is 4. The van der Waals surface area contributed by atoms with Crippen LogP contribution in [0.5, 0.6) is 11.5 Å². The molecule has 0 bridgehead atoms. The van der Waals surface area contributed by atoms with Crippen LogP contribution in [-0.2, 0) is 0 Å². The lowest BCUT2D eigenvalue weighted by molar-refractivity contribution is 0.0413. The highest BCUT2D eigenvalue weighted by atomic mass is 16.3. The lowest BCUT2D eigenvalue weighted by Gasteiger charge is -2.39. The van der Waals surface area contributed by atoms with Gasteiger partial charge in [-0.3, -0.25) is 0 Å². The third-order valence-corrected chi connectivity index (χ3v) is 2.80. The van der Waals surface area contributed by atoms with Gasteiger partial charge in [0.1, 0.15) is 0 Å². The van der Waals surface area contributed by atoms with Crippen molar-refractivity contribution in [1.82, 2.24) is 0 Å². The average Bonchev–Trinajstić information content (AvgIpc) is 2.18. The van der Waals surface area contributed by atoms with Crippen LogP contribution in [0.3, 0.4) is 0 Å². The molecule has 0 saturated heterocycles. The maximum absolute atomic E-state index is 9.52. The molecule has 0 radical (unpaired) electrons. The van der Waals surface area contributed by atoms with Crippen molar-refractivity contribution in [2.75, 3.05) is 0 Å². The summed E-state index contributed by atoms with van der Waals surface area (Å²) in [7, 11) is 0. The van der Waals surface area contributed by atoms with Gasteiger partial charge in [-0.15, -0.1) is 0 Å². The fraction of sp³-hybridized carbons (Fsp3) is 0.400. The van der Waals surface area contributed by atoms with Gasteiger partial charge in [-0.25, -0.2) is 0 Å². The Bertz CT molecular complexity index is 353. The minimum Gasteiger partial charge on any atom is -0.504 e. The molecular formula is C10H13NO3. The van der Waals surface area contributed by atoms with Gasteiger partial charge in [-0.05, 0) is 24.1 Å². The van der Waals surface area contributed by atoms with Crippen LogP contribution in [0.25, 0.3) is 0 Å². The van der Waals surface area contributed by atoms with E-state index in [1.54, 1.807) is 6.07 Å². The van der Waals surface area contributed by atoms with E-state index in [9.17, 15) is 10.2 Å². The highest BCUT2D eigenvalue weighted by molar-refractivity contribution is 5.42. The van der Waals surface area contributed by atoms with E-state index < -0.39 is 6.10 Å². The normalized spacial score (nSPS) is 31.1. The van der Waals surface area contributed by atoms with Crippen molar-refractivity contribution >= 4 is 0 Å². The van der Waals surface area contributed by atoms with Crippen LogP contribution < -0.4 is 5.73 Å². The van der Waals surface area contributed by atoms with E-state index in [1.807, 2.05) is 0 Å². The van der Waals surface area contributed by atoms with E-state index >= 15 is 0 Å². The molecule has 1 saturated carbocycles. The molecule has 1 aromatic rings. The van der Waals surface area contributed by atoms with Crippen LogP contribution in [0.15, 0.2) is 18.2 Å². The summed E-state index contributed by atoms with van der Waals surface area (Å²) in [6.45, 7) is 0. The topological polar surface area (TPSA) is 86.7 Å². The van der Waals surface area contributed by atoms with Crippen LogP contribution >= 0.6 is 0 Å². The monoisotopic (exact) mass is 195 g/mol. The van der Waals surface area contributed by atoms with Gasteiger partial charge in [-0.2, -0.15) is 0 Å². The van der Waals surface area contributed by atoms with Crippen LogP contribution in [0.1, 0.15) is 17.9 Å². The highest BCUT2D eigenvalue weighted by Crippen LogP contribution is 2.38. The minimum atomic E-state index is -0.543. The summed E-state index contributed by atoms with van der Waals surface area (Å²) < 4.78 is 0. The molecule has 2 rings (SSSR count). The zero-order chi connectivity index (χ0) is 10.3. The second-order valence-electron chi connectivity index (χ2n) is 3.74. The molecule has 0 heterocycles. The maximum atomic E-state index is 9.52. The van der Waals surface area contributed by atoms with Crippen LogP contribution in [0, 0.1) is 0 Å². The molecule has 0 aromatic heterocycles. The number of phenolic OH excluding ortho intramolecular Hbond substituents is 2. The fourth-order valence-electron chi connectivity index (χ4n) is 1.78. The van der Waals surface area contributed by atoms with Gasteiger partial charge in [-0.1, -0.05) is 6.07 Å². The number of aliphatic hydroxyl groups excluding tert-OH is 1. The number of hydrogen-bond donors (Lipinski definition) is 4. The number of aromatic hydroxyl groups is 2. The first kappa shape index (κ1) is 9.30. The Morgan fingerprint density at radius 2 is 1.93 bits per heavy atom. The Morgan fingerprint density at radius 3 is 2.43 bits per heavy atom. The van der Waals surface area contributed by atoms with Gasteiger partial charge in [0.05, 0.1) is 6.10 Å². The first-order valence-corrected chi connectivity index (χ1v) is 4.55. The van der Waals surface area contributed by atoms with Crippen molar-refractivity contribution in [2.24, 2.45) is 5.73 Å². The Hall–Kier alpha value is -1.26. The molecule has 1 aliphatic rings. The highest BCUT2D eigenvalue weighted by Gasteiger charge is 2.38. The van der Waals surface area contributed by atoms with Crippen molar-refractivity contribution in [2.45, 2.75) is 24.5 Å². The molecule has 76 valence electrons. The maximum Gasteiger partial charge on any atom is 0.157 e. The molecule has 4 nitrogen and oxygen atoms in total. The fourth-order valence-corrected chi connectivity index (χ4v) is 1.78. The number of aliphatic hydroxyl groups is 1. The first-order valence-electron chi connectivity index (χ1n) is 4.55. The zero-order valence-corrected chi connectivity index (χ0v) is 7.59. The predicted octanol–water partition coefficient (Wildman–Crippen LogP) is 0.273. The van der Waals surface area contributed by atoms with Crippen molar-refractivity contribution in [3.8, 4) is 11.5 Å². The number of benzene rings is 1. The third-order valence-electron chi connectivity index (χ3n) is 2.80. The van der Waals surface area contributed by atoms with Gasteiger partial charge in [0, 0.05) is 12.0 Å². The van der Waals surface area contributed by atoms with Crippen molar-refractivity contribution in [3.63, 3.8) is 0 Å². The van der Waals surface area contributed by atoms with Gasteiger partial charge in [0.15, 0.2) is 11.5 Å². The second-order valence-corrected chi connectivity index (χ2v) is 3.74. The van der Waals surface area contributed by atoms with E-state index in [2.05, 4.69) is 0 Å². The van der Waals surface area contributed by atoms with Gasteiger partial charge in [0.25, 0.3) is 0 Å². The Balaban J connectivity index is 2.22. The van der Waals surface area contributed by atoms with E-state index in [4.69, 9.17) is 10.8 Å². The Labute approximate surface area is 81.6 Å². The van der Waals surface area contributed by atoms with Crippen molar-refractivity contribution in [1.29, 1.82) is 0 Å². The van der Waals surface area contributed by atoms with E-state index in [-0.39, 0.29) is 23.5 Å². The first-order chi connectivity index (χ1) is 6.59. The summed E-state index contributed by atoms with van der Waals surface area (Å²) in [5.74, 6) is -0.321. The minimum absolute atomic E-state index is 0.0171. The molecule has 0 amide bonds. The SMILES string of the molecule is NC1C[C@H](c2ccc(O)c(O)c2)C1O. The molecule has 5 N–H and O–H groups in total. The molecule has 1 fully saturated rings. The number of nitrogens with two attached hydrogens (primary N) is 1. The molecule has 1 aromatic carbocycles. The van der Waals surface area contributed by atoms with E-state index in [1.165, 1.54) is 12.1 Å².